The number of imide groups is 1. The van der Waals surface area contributed by atoms with Crippen molar-refractivity contribution in [2.75, 3.05) is 6.61 Å². The fourth-order valence-corrected chi connectivity index (χ4v) is 5.59. The number of hydrogen-bond acceptors (Lipinski definition) is 7. The first-order valence-corrected chi connectivity index (χ1v) is 12.2. The van der Waals surface area contributed by atoms with Crippen molar-refractivity contribution in [3.63, 3.8) is 0 Å². The molecule has 2 amide bonds. The molecule has 0 saturated carbocycles. The van der Waals surface area contributed by atoms with Crippen LogP contribution in [0, 0.1) is 18.6 Å². The van der Waals surface area contributed by atoms with Gasteiger partial charge in [0.15, 0.2) is 0 Å². The molecule has 4 aromatic rings. The van der Waals surface area contributed by atoms with Crippen molar-refractivity contribution in [3.8, 4) is 17.2 Å². The first-order valence-electron chi connectivity index (χ1n) is 10.4. The number of oxazole rings is 1. The molecule has 1 fully saturated rings. The fraction of sp³-hybridized carbons (Fsp3) is 0.208. The van der Waals surface area contributed by atoms with E-state index < -0.39 is 16.9 Å². The number of aromatic nitrogens is 1. The summed E-state index contributed by atoms with van der Waals surface area (Å²) in [7, 11) is 0. The third kappa shape index (κ3) is 4.43. The summed E-state index contributed by atoms with van der Waals surface area (Å²) in [6.45, 7) is 2.06. The minimum Gasteiger partial charge on any atom is -0.493 e. The van der Waals surface area contributed by atoms with E-state index in [0.717, 1.165) is 39.5 Å². The van der Waals surface area contributed by atoms with Gasteiger partial charge in [0.05, 0.1) is 23.1 Å². The molecule has 174 valence electrons. The van der Waals surface area contributed by atoms with E-state index >= 15 is 0 Å². The lowest BCUT2D eigenvalue weighted by atomic mass is 10.1. The Kier molecular flexibility index (Phi) is 6.09. The zero-order chi connectivity index (χ0) is 23.8. The maximum atomic E-state index is 14.1. The Morgan fingerprint density at radius 2 is 2.03 bits per heavy atom. The van der Waals surface area contributed by atoms with E-state index in [2.05, 4.69) is 10.3 Å². The van der Waals surface area contributed by atoms with Crippen LogP contribution in [0.5, 0.6) is 5.75 Å². The van der Waals surface area contributed by atoms with Gasteiger partial charge >= 0.3 is 0 Å². The molecule has 2 aromatic heterocycles. The van der Waals surface area contributed by atoms with Gasteiger partial charge in [-0.15, -0.1) is 11.3 Å². The van der Waals surface area contributed by atoms with Gasteiger partial charge in [-0.2, -0.15) is 0 Å². The topological polar surface area (TPSA) is 81.4 Å². The van der Waals surface area contributed by atoms with E-state index in [1.54, 1.807) is 18.3 Å². The minimum atomic E-state index is -0.734. The van der Waals surface area contributed by atoms with Crippen LogP contribution in [0.2, 0.25) is 0 Å². The molecule has 10 heteroatoms. The number of aryl methyl sites for hydroxylation is 1. The van der Waals surface area contributed by atoms with E-state index in [1.807, 2.05) is 23.6 Å². The summed E-state index contributed by atoms with van der Waals surface area (Å²) in [6.07, 6.45) is 0.896. The SMILES string of the molecule is Cc1oc(-c2ccc(F)cc2F)nc1CCOc1ccc(CC2SC(=O)NC2=O)c2sccc12. The van der Waals surface area contributed by atoms with E-state index in [1.165, 1.54) is 6.07 Å². The minimum absolute atomic E-state index is 0.0990. The molecule has 6 nitrogen and oxygen atoms in total. The summed E-state index contributed by atoms with van der Waals surface area (Å²) in [5.41, 5.74) is 1.71. The summed E-state index contributed by atoms with van der Waals surface area (Å²) in [4.78, 5) is 27.8. The van der Waals surface area contributed by atoms with Crippen LogP contribution in [-0.4, -0.2) is 28.0 Å². The van der Waals surface area contributed by atoms with Crippen molar-refractivity contribution in [2.24, 2.45) is 0 Å². The van der Waals surface area contributed by atoms with E-state index in [4.69, 9.17) is 9.15 Å². The smallest absolute Gasteiger partial charge is 0.286 e. The van der Waals surface area contributed by atoms with Crippen LogP contribution < -0.4 is 10.1 Å². The molecule has 3 heterocycles. The zero-order valence-electron chi connectivity index (χ0n) is 17.9. The highest BCUT2D eigenvalue weighted by Gasteiger charge is 2.32. The number of nitrogens with zero attached hydrogens (tertiary/aromatic N) is 1. The number of hydrogen-bond donors (Lipinski definition) is 1. The molecular formula is C24H18F2N2O4S2. The first kappa shape index (κ1) is 22.5. The van der Waals surface area contributed by atoms with Crippen molar-refractivity contribution in [1.29, 1.82) is 0 Å². The summed E-state index contributed by atoms with van der Waals surface area (Å²) in [5.74, 6) is -0.319. The van der Waals surface area contributed by atoms with Gasteiger partial charge in [0.2, 0.25) is 11.8 Å². The molecular weight excluding hydrogens is 482 g/mol. The van der Waals surface area contributed by atoms with Crippen LogP contribution in [-0.2, 0) is 17.6 Å². The fourth-order valence-electron chi connectivity index (χ4n) is 3.80. The van der Waals surface area contributed by atoms with E-state index in [9.17, 15) is 18.4 Å². The number of thioether (sulfide) groups is 1. The number of carbonyl (C=O) groups excluding carboxylic acids is 2. The number of halogens is 2. The lowest BCUT2D eigenvalue weighted by Crippen LogP contribution is -2.25. The van der Waals surface area contributed by atoms with Gasteiger partial charge in [-0.05, 0) is 48.6 Å². The highest BCUT2D eigenvalue weighted by atomic mass is 32.2. The van der Waals surface area contributed by atoms with Crippen LogP contribution >= 0.6 is 23.1 Å². The van der Waals surface area contributed by atoms with Crippen LogP contribution in [0.25, 0.3) is 21.5 Å². The van der Waals surface area contributed by atoms with E-state index in [0.29, 0.717) is 36.7 Å². The Hall–Kier alpha value is -3.24. The van der Waals surface area contributed by atoms with Gasteiger partial charge in [0.1, 0.15) is 23.1 Å². The molecule has 2 aromatic carbocycles. The Morgan fingerprint density at radius 3 is 2.79 bits per heavy atom. The molecule has 1 atom stereocenters. The molecule has 5 rings (SSSR count). The molecule has 0 spiro atoms. The average Bonchev–Trinajstić information content (AvgIpc) is 3.49. The number of carbonyl (C=O) groups is 2. The van der Waals surface area contributed by atoms with Gasteiger partial charge < -0.3 is 9.15 Å². The third-order valence-electron chi connectivity index (χ3n) is 5.48. The largest absolute Gasteiger partial charge is 0.493 e. The summed E-state index contributed by atoms with van der Waals surface area (Å²) < 4.78 is 39.9. The molecule has 1 unspecified atom stereocenters. The van der Waals surface area contributed by atoms with Gasteiger partial charge in [-0.25, -0.2) is 13.8 Å². The van der Waals surface area contributed by atoms with Crippen molar-refractivity contribution < 1.29 is 27.5 Å². The predicted molar refractivity (Wildman–Crippen MR) is 126 cm³/mol. The maximum absolute atomic E-state index is 14.1. The number of benzene rings is 2. The monoisotopic (exact) mass is 500 g/mol. The Morgan fingerprint density at radius 1 is 1.18 bits per heavy atom. The lowest BCUT2D eigenvalue weighted by Gasteiger charge is -2.11. The standard InChI is InChI=1S/C24H18F2N2O4S2/c1-12-18(27-23(32-12)15-4-3-14(25)11-17(15)26)6-8-31-19-5-2-13(21-16(19)7-9-33-21)10-20-22(29)28-24(30)34-20/h2-5,7,9,11,20H,6,8,10H2,1H3,(H,28,29,30). The number of amides is 2. The molecule has 1 aliphatic heterocycles. The molecule has 1 saturated heterocycles. The first-order chi connectivity index (χ1) is 16.4. The summed E-state index contributed by atoms with van der Waals surface area (Å²) >= 11 is 2.57. The maximum Gasteiger partial charge on any atom is 0.286 e. The van der Waals surface area contributed by atoms with Gasteiger partial charge in [-0.1, -0.05) is 17.8 Å². The molecule has 1 N–H and O–H groups in total. The quantitative estimate of drug-likeness (QED) is 0.353. The number of rotatable bonds is 7. The Balaban J connectivity index is 1.28. The predicted octanol–water partition coefficient (Wildman–Crippen LogP) is 5.66. The van der Waals surface area contributed by atoms with Crippen molar-refractivity contribution in [2.45, 2.75) is 25.0 Å². The number of ether oxygens (including phenoxy) is 1. The molecule has 0 bridgehead atoms. The highest BCUT2D eigenvalue weighted by Crippen LogP contribution is 2.35. The second-order valence-corrected chi connectivity index (χ2v) is 9.81. The molecule has 34 heavy (non-hydrogen) atoms. The second-order valence-electron chi connectivity index (χ2n) is 7.72. The van der Waals surface area contributed by atoms with Crippen molar-refractivity contribution in [3.05, 3.63) is 70.4 Å². The van der Waals surface area contributed by atoms with Gasteiger partial charge in [0.25, 0.3) is 5.24 Å². The van der Waals surface area contributed by atoms with Crippen molar-refractivity contribution in [1.82, 2.24) is 10.3 Å². The number of thiophene rings is 1. The lowest BCUT2D eigenvalue weighted by molar-refractivity contribution is -0.118. The number of nitrogens with one attached hydrogen (secondary N) is 1. The van der Waals surface area contributed by atoms with Crippen LogP contribution in [0.15, 0.2) is 46.2 Å². The van der Waals surface area contributed by atoms with E-state index in [-0.39, 0.29) is 22.6 Å². The van der Waals surface area contributed by atoms with Gasteiger partial charge in [0, 0.05) is 22.6 Å². The normalized spacial score (nSPS) is 15.8. The average molecular weight is 501 g/mol. The molecule has 0 radical (unpaired) electrons. The zero-order valence-corrected chi connectivity index (χ0v) is 19.5. The van der Waals surface area contributed by atoms with Crippen LogP contribution in [0.4, 0.5) is 13.6 Å². The molecule has 1 aliphatic rings. The summed E-state index contributed by atoms with van der Waals surface area (Å²) in [5, 5.41) is 4.47. The number of fused-ring (bicyclic) bond motifs is 1. The van der Waals surface area contributed by atoms with Crippen LogP contribution in [0.1, 0.15) is 17.0 Å². The second kappa shape index (κ2) is 9.19. The third-order valence-corrected chi connectivity index (χ3v) is 7.45. The highest BCUT2D eigenvalue weighted by molar-refractivity contribution is 8.15. The van der Waals surface area contributed by atoms with Crippen LogP contribution in [0.3, 0.4) is 0 Å². The Bertz CT molecular complexity index is 1420. The van der Waals surface area contributed by atoms with Crippen molar-refractivity contribution >= 4 is 44.3 Å². The molecule has 0 aliphatic carbocycles. The summed E-state index contributed by atoms with van der Waals surface area (Å²) in [6, 6.07) is 8.99. The van der Waals surface area contributed by atoms with Gasteiger partial charge in [-0.3, -0.25) is 14.9 Å². The Labute approximate surface area is 201 Å².